The van der Waals surface area contributed by atoms with Crippen molar-refractivity contribution in [2.24, 2.45) is 11.7 Å². The van der Waals surface area contributed by atoms with E-state index in [9.17, 15) is 9.90 Å². The molecular weight excluding hydrogens is 316 g/mol. The Morgan fingerprint density at radius 1 is 1.12 bits per heavy atom. The van der Waals surface area contributed by atoms with Crippen LogP contribution >= 0.6 is 0 Å². The second-order valence-electron chi connectivity index (χ2n) is 6.50. The molecule has 1 aliphatic heterocycles. The zero-order chi connectivity index (χ0) is 17.6. The van der Waals surface area contributed by atoms with Crippen LogP contribution in [0, 0.1) is 5.92 Å². The molecule has 1 fully saturated rings. The quantitative estimate of drug-likeness (QED) is 0.897. The summed E-state index contributed by atoms with van der Waals surface area (Å²) in [4.78, 5) is 14.4. The van der Waals surface area contributed by atoms with Crippen molar-refractivity contribution in [1.82, 2.24) is 4.90 Å². The third-order valence-electron chi connectivity index (χ3n) is 4.64. The third kappa shape index (κ3) is 4.18. The van der Waals surface area contributed by atoms with Crippen molar-refractivity contribution in [1.29, 1.82) is 0 Å². The van der Waals surface area contributed by atoms with Crippen molar-refractivity contribution in [3.8, 4) is 0 Å². The van der Waals surface area contributed by atoms with Gasteiger partial charge in [0.25, 0.3) is 0 Å². The molecule has 2 aromatic rings. The summed E-state index contributed by atoms with van der Waals surface area (Å²) < 4.78 is 5.51. The highest BCUT2D eigenvalue weighted by atomic mass is 16.6. The highest BCUT2D eigenvalue weighted by Gasteiger charge is 2.38. The average Bonchev–Trinajstić information content (AvgIpc) is 2.67. The molecule has 0 aromatic heterocycles. The first kappa shape index (κ1) is 17.5. The number of benzene rings is 2. The molecule has 25 heavy (non-hydrogen) atoms. The molecule has 0 radical (unpaired) electrons. The van der Waals surface area contributed by atoms with E-state index in [1.807, 2.05) is 60.7 Å². The van der Waals surface area contributed by atoms with Crippen LogP contribution in [0.25, 0.3) is 0 Å². The van der Waals surface area contributed by atoms with E-state index < -0.39 is 6.09 Å². The number of nitrogens with zero attached hydrogens (tertiary/aromatic N) is 1. The minimum atomic E-state index is -0.397. The molecule has 1 amide bonds. The lowest BCUT2D eigenvalue weighted by Gasteiger charge is -2.42. The van der Waals surface area contributed by atoms with Crippen molar-refractivity contribution in [3.05, 3.63) is 71.8 Å². The minimum absolute atomic E-state index is 0.0116. The van der Waals surface area contributed by atoms with Gasteiger partial charge in [0.15, 0.2) is 0 Å². The molecule has 1 saturated heterocycles. The molecule has 3 atom stereocenters. The van der Waals surface area contributed by atoms with E-state index in [1.54, 1.807) is 4.90 Å². The number of piperidine rings is 1. The summed E-state index contributed by atoms with van der Waals surface area (Å²) in [6.07, 6.45) is 0.282. The van der Waals surface area contributed by atoms with Crippen LogP contribution in [0.4, 0.5) is 4.79 Å². The van der Waals surface area contributed by atoms with E-state index >= 15 is 0 Å². The molecule has 1 aliphatic rings. The summed E-state index contributed by atoms with van der Waals surface area (Å²) in [5, 5.41) is 9.54. The normalized spacial score (nSPS) is 23.3. The summed E-state index contributed by atoms with van der Waals surface area (Å²) >= 11 is 0. The van der Waals surface area contributed by atoms with Crippen LogP contribution in [0.2, 0.25) is 0 Å². The van der Waals surface area contributed by atoms with Crippen LogP contribution < -0.4 is 5.73 Å². The fraction of sp³-hybridized carbons (Fsp3) is 0.350. The summed E-state index contributed by atoms with van der Waals surface area (Å²) in [7, 11) is 0. The Balaban J connectivity index is 1.77. The molecule has 0 bridgehead atoms. The van der Waals surface area contributed by atoms with Crippen molar-refractivity contribution < 1.29 is 14.6 Å². The first-order chi connectivity index (χ1) is 12.2. The summed E-state index contributed by atoms with van der Waals surface area (Å²) in [6.45, 7) is 0.672. The number of likely N-dealkylation sites (tertiary alicyclic amines) is 1. The van der Waals surface area contributed by atoms with Gasteiger partial charge in [0.1, 0.15) is 6.61 Å². The number of carbonyl (C=O) groups excluding carboxylic acids is 1. The van der Waals surface area contributed by atoms with Gasteiger partial charge in [-0.1, -0.05) is 60.7 Å². The monoisotopic (exact) mass is 340 g/mol. The van der Waals surface area contributed by atoms with E-state index in [2.05, 4.69) is 0 Å². The number of aliphatic hydroxyl groups excluding tert-OH is 1. The molecule has 3 N–H and O–H groups in total. The number of hydrogen-bond acceptors (Lipinski definition) is 4. The van der Waals surface area contributed by atoms with Gasteiger partial charge in [0.05, 0.1) is 6.04 Å². The summed E-state index contributed by atoms with van der Waals surface area (Å²) in [5.74, 6) is -0.0285. The lowest BCUT2D eigenvalue weighted by Crippen LogP contribution is -2.52. The molecule has 3 rings (SSSR count). The Bertz CT molecular complexity index is 678. The molecule has 3 unspecified atom stereocenters. The first-order valence-electron chi connectivity index (χ1n) is 8.57. The predicted molar refractivity (Wildman–Crippen MR) is 95.7 cm³/mol. The maximum absolute atomic E-state index is 12.7. The van der Waals surface area contributed by atoms with E-state index in [-0.39, 0.29) is 31.2 Å². The predicted octanol–water partition coefficient (Wildman–Crippen LogP) is 2.71. The Morgan fingerprint density at radius 2 is 1.76 bits per heavy atom. The molecule has 0 saturated carbocycles. The largest absolute Gasteiger partial charge is 0.445 e. The van der Waals surface area contributed by atoms with E-state index in [1.165, 1.54) is 0 Å². The number of aliphatic hydroxyl groups is 1. The van der Waals surface area contributed by atoms with E-state index in [4.69, 9.17) is 10.5 Å². The van der Waals surface area contributed by atoms with Crippen LogP contribution in [-0.4, -0.2) is 35.3 Å². The number of nitrogens with two attached hydrogens (primary N) is 1. The highest BCUT2D eigenvalue weighted by molar-refractivity contribution is 5.69. The molecule has 0 spiro atoms. The lowest BCUT2D eigenvalue weighted by molar-refractivity contribution is 0.0343. The Morgan fingerprint density at radius 3 is 2.40 bits per heavy atom. The van der Waals surface area contributed by atoms with Gasteiger partial charge in [0.2, 0.25) is 0 Å². The van der Waals surface area contributed by atoms with Crippen molar-refractivity contribution in [3.63, 3.8) is 0 Å². The average molecular weight is 340 g/mol. The Labute approximate surface area is 148 Å². The SMILES string of the molecule is NC1CC(CO)CN(C(=O)OCc2ccccc2)C1c1ccccc1. The second-order valence-corrected chi connectivity index (χ2v) is 6.50. The van der Waals surface area contributed by atoms with Crippen molar-refractivity contribution in [2.45, 2.75) is 25.1 Å². The first-order valence-corrected chi connectivity index (χ1v) is 8.57. The molecule has 5 heteroatoms. The lowest BCUT2D eigenvalue weighted by atomic mass is 9.86. The van der Waals surface area contributed by atoms with E-state index in [0.29, 0.717) is 13.0 Å². The van der Waals surface area contributed by atoms with Crippen molar-refractivity contribution >= 4 is 6.09 Å². The fourth-order valence-corrected chi connectivity index (χ4v) is 3.41. The topological polar surface area (TPSA) is 75.8 Å². The summed E-state index contributed by atoms with van der Waals surface area (Å²) in [5.41, 5.74) is 8.28. The van der Waals surface area contributed by atoms with Crippen LogP contribution in [0.3, 0.4) is 0 Å². The number of ether oxygens (including phenoxy) is 1. The Kier molecular flexibility index (Phi) is 5.68. The van der Waals surface area contributed by atoms with Crippen molar-refractivity contribution in [2.75, 3.05) is 13.2 Å². The molecule has 1 heterocycles. The van der Waals surface area contributed by atoms with Gasteiger partial charge in [-0.3, -0.25) is 4.90 Å². The zero-order valence-corrected chi connectivity index (χ0v) is 14.1. The van der Waals surface area contributed by atoms with E-state index in [0.717, 1.165) is 11.1 Å². The van der Waals surface area contributed by atoms with Gasteiger partial charge in [-0.15, -0.1) is 0 Å². The molecule has 0 aliphatic carbocycles. The van der Waals surface area contributed by atoms with Gasteiger partial charge in [0, 0.05) is 25.1 Å². The zero-order valence-electron chi connectivity index (χ0n) is 14.1. The van der Waals surface area contributed by atoms with Crippen LogP contribution in [0.15, 0.2) is 60.7 Å². The fourth-order valence-electron chi connectivity index (χ4n) is 3.41. The standard InChI is InChI=1S/C20H24N2O3/c21-18-11-16(13-23)12-22(19(18)17-9-5-2-6-10-17)20(24)25-14-15-7-3-1-4-8-15/h1-10,16,18-19,23H,11-14,21H2. The Hall–Kier alpha value is -2.37. The number of hydrogen-bond donors (Lipinski definition) is 2. The number of rotatable bonds is 4. The molecule has 2 aromatic carbocycles. The maximum atomic E-state index is 12.7. The van der Waals surface area contributed by atoms with Gasteiger partial charge in [-0.25, -0.2) is 4.79 Å². The smallest absolute Gasteiger partial charge is 0.410 e. The number of carbonyl (C=O) groups is 1. The van der Waals surface area contributed by atoms with Crippen LogP contribution in [-0.2, 0) is 11.3 Å². The van der Waals surface area contributed by atoms with Gasteiger partial charge in [-0.05, 0) is 17.5 Å². The molecule has 5 nitrogen and oxygen atoms in total. The van der Waals surface area contributed by atoms with Crippen LogP contribution in [0.1, 0.15) is 23.6 Å². The van der Waals surface area contributed by atoms with Gasteiger partial charge >= 0.3 is 6.09 Å². The van der Waals surface area contributed by atoms with Gasteiger partial charge < -0.3 is 15.6 Å². The molecular formula is C20H24N2O3. The molecule has 132 valence electrons. The van der Waals surface area contributed by atoms with Crippen LogP contribution in [0.5, 0.6) is 0 Å². The maximum Gasteiger partial charge on any atom is 0.410 e. The second kappa shape index (κ2) is 8.14. The highest BCUT2D eigenvalue weighted by Crippen LogP contribution is 2.33. The van der Waals surface area contributed by atoms with Gasteiger partial charge in [-0.2, -0.15) is 0 Å². The number of amides is 1. The third-order valence-corrected chi connectivity index (χ3v) is 4.64. The minimum Gasteiger partial charge on any atom is -0.445 e. The summed E-state index contributed by atoms with van der Waals surface area (Å²) in [6, 6.07) is 18.9.